The van der Waals surface area contributed by atoms with Crippen molar-refractivity contribution >= 4 is 40.3 Å². The number of carbonyl (C=O) groups excluding carboxylic acids is 1. The van der Waals surface area contributed by atoms with E-state index in [1.165, 1.54) is 28.8 Å². The SMILES string of the molecule is CN1C(=O)/C(=C\c2ccc(-c3ccc([N+](=O)[O-])cc3)o2)SC1=Nc1cccnc1. The van der Waals surface area contributed by atoms with Gasteiger partial charge >= 0.3 is 0 Å². The topological polar surface area (TPSA) is 102 Å². The van der Waals surface area contributed by atoms with Gasteiger partial charge in [0.15, 0.2) is 5.17 Å². The minimum absolute atomic E-state index is 0.0130. The number of non-ortho nitro benzene ring substituents is 1. The van der Waals surface area contributed by atoms with Crippen LogP contribution >= 0.6 is 11.8 Å². The number of nitro benzene ring substituents is 1. The lowest BCUT2D eigenvalue weighted by atomic mass is 10.1. The molecule has 1 saturated heterocycles. The van der Waals surface area contributed by atoms with Crippen molar-refractivity contribution in [2.45, 2.75) is 0 Å². The van der Waals surface area contributed by atoms with Gasteiger partial charge in [-0.15, -0.1) is 0 Å². The molecule has 8 nitrogen and oxygen atoms in total. The van der Waals surface area contributed by atoms with Gasteiger partial charge in [0, 0.05) is 37.0 Å². The fraction of sp³-hybridized carbons (Fsp3) is 0.0500. The van der Waals surface area contributed by atoms with Gasteiger partial charge in [0.05, 0.1) is 21.7 Å². The fourth-order valence-corrected chi connectivity index (χ4v) is 3.61. The standard InChI is InChI=1S/C20H14N4O4S/c1-23-19(25)18(29-20(23)22-14-3-2-10-21-12-14)11-16-8-9-17(28-16)13-4-6-15(7-5-13)24(26)27/h2-12H,1H3/b18-11+,22-20?. The molecular formula is C20H14N4O4S. The van der Waals surface area contributed by atoms with Crippen molar-refractivity contribution in [3.63, 3.8) is 0 Å². The number of amides is 1. The van der Waals surface area contributed by atoms with Crippen LogP contribution in [-0.2, 0) is 4.79 Å². The normalized spacial score (nSPS) is 16.7. The largest absolute Gasteiger partial charge is 0.457 e. The van der Waals surface area contributed by atoms with Gasteiger partial charge in [-0.2, -0.15) is 0 Å². The number of pyridine rings is 1. The minimum atomic E-state index is -0.453. The highest BCUT2D eigenvalue weighted by molar-refractivity contribution is 8.18. The molecule has 2 aromatic heterocycles. The summed E-state index contributed by atoms with van der Waals surface area (Å²) in [4.78, 5) is 33.3. The van der Waals surface area contributed by atoms with Gasteiger partial charge < -0.3 is 4.42 Å². The second kappa shape index (κ2) is 7.72. The number of carbonyl (C=O) groups is 1. The Labute approximate surface area is 169 Å². The number of aliphatic imine (C=N–C) groups is 1. The second-order valence-corrected chi connectivity index (χ2v) is 7.10. The minimum Gasteiger partial charge on any atom is -0.457 e. The third-order valence-corrected chi connectivity index (χ3v) is 5.20. The van der Waals surface area contributed by atoms with Gasteiger partial charge in [-0.25, -0.2) is 4.99 Å². The molecule has 0 saturated carbocycles. The van der Waals surface area contributed by atoms with Crippen LogP contribution in [0.1, 0.15) is 5.76 Å². The number of thioether (sulfide) groups is 1. The Morgan fingerprint density at radius 2 is 2.00 bits per heavy atom. The van der Waals surface area contributed by atoms with Crippen molar-refractivity contribution in [2.75, 3.05) is 7.05 Å². The quantitative estimate of drug-likeness (QED) is 0.359. The molecule has 1 fully saturated rings. The predicted molar refractivity (Wildman–Crippen MR) is 110 cm³/mol. The summed E-state index contributed by atoms with van der Waals surface area (Å²) in [5, 5.41) is 11.3. The lowest BCUT2D eigenvalue weighted by Crippen LogP contribution is -2.23. The van der Waals surface area contributed by atoms with Crippen LogP contribution < -0.4 is 0 Å². The molecule has 0 N–H and O–H groups in total. The summed E-state index contributed by atoms with van der Waals surface area (Å²) in [6.07, 6.45) is 4.94. The van der Waals surface area contributed by atoms with Crippen molar-refractivity contribution in [1.29, 1.82) is 0 Å². The molecule has 29 heavy (non-hydrogen) atoms. The molecule has 0 radical (unpaired) electrons. The summed E-state index contributed by atoms with van der Waals surface area (Å²) in [6, 6.07) is 13.2. The maximum Gasteiger partial charge on any atom is 0.269 e. The van der Waals surface area contributed by atoms with Crippen molar-refractivity contribution in [2.24, 2.45) is 4.99 Å². The van der Waals surface area contributed by atoms with E-state index < -0.39 is 4.92 Å². The summed E-state index contributed by atoms with van der Waals surface area (Å²) in [5.74, 6) is 0.885. The summed E-state index contributed by atoms with van der Waals surface area (Å²) in [5.41, 5.74) is 1.38. The monoisotopic (exact) mass is 406 g/mol. The van der Waals surface area contributed by atoms with E-state index in [9.17, 15) is 14.9 Å². The van der Waals surface area contributed by atoms with Crippen molar-refractivity contribution in [3.05, 3.63) is 81.7 Å². The highest BCUT2D eigenvalue weighted by atomic mass is 32.2. The molecule has 3 heterocycles. The number of likely N-dealkylation sites (N-methyl/N-ethyl adjacent to an activating group) is 1. The highest BCUT2D eigenvalue weighted by Gasteiger charge is 2.30. The van der Waals surface area contributed by atoms with E-state index in [0.717, 1.165) is 0 Å². The number of nitrogens with zero attached hydrogens (tertiary/aromatic N) is 4. The highest BCUT2D eigenvalue weighted by Crippen LogP contribution is 2.34. The fourth-order valence-electron chi connectivity index (χ4n) is 2.64. The van der Waals surface area contributed by atoms with Crippen LogP contribution in [0.3, 0.4) is 0 Å². The van der Waals surface area contributed by atoms with E-state index in [2.05, 4.69) is 9.98 Å². The van der Waals surface area contributed by atoms with E-state index in [1.807, 2.05) is 6.07 Å². The Morgan fingerprint density at radius 1 is 1.21 bits per heavy atom. The van der Waals surface area contributed by atoms with E-state index in [0.29, 0.717) is 32.8 Å². The summed E-state index contributed by atoms with van der Waals surface area (Å²) >= 11 is 1.25. The van der Waals surface area contributed by atoms with E-state index in [-0.39, 0.29) is 11.6 Å². The molecule has 1 aliphatic heterocycles. The van der Waals surface area contributed by atoms with Gasteiger partial charge in [0.1, 0.15) is 11.5 Å². The number of furan rings is 1. The van der Waals surface area contributed by atoms with Crippen molar-refractivity contribution < 1.29 is 14.1 Å². The zero-order valence-corrected chi connectivity index (χ0v) is 16.0. The van der Waals surface area contributed by atoms with Crippen LogP contribution in [-0.4, -0.2) is 32.9 Å². The maximum absolute atomic E-state index is 12.5. The number of nitro groups is 1. The van der Waals surface area contributed by atoms with E-state index in [1.54, 1.807) is 55.8 Å². The number of benzene rings is 1. The third kappa shape index (κ3) is 3.94. The lowest BCUT2D eigenvalue weighted by Gasteiger charge is -2.06. The summed E-state index contributed by atoms with van der Waals surface area (Å²) in [6.45, 7) is 0. The summed E-state index contributed by atoms with van der Waals surface area (Å²) < 4.78 is 5.79. The number of hydrogen-bond acceptors (Lipinski definition) is 7. The lowest BCUT2D eigenvalue weighted by molar-refractivity contribution is -0.384. The first kappa shape index (κ1) is 18.6. The molecule has 0 atom stereocenters. The number of amidine groups is 1. The van der Waals surface area contributed by atoms with Crippen LogP contribution in [0, 0.1) is 10.1 Å². The molecule has 4 rings (SSSR count). The Morgan fingerprint density at radius 3 is 2.69 bits per heavy atom. The molecule has 144 valence electrons. The molecule has 3 aromatic rings. The Kier molecular flexibility index (Phi) is 4.96. The maximum atomic E-state index is 12.5. The molecule has 0 bridgehead atoms. The molecular weight excluding hydrogens is 392 g/mol. The number of hydrogen-bond donors (Lipinski definition) is 0. The van der Waals surface area contributed by atoms with E-state index >= 15 is 0 Å². The molecule has 0 spiro atoms. The molecule has 0 unspecified atom stereocenters. The van der Waals surface area contributed by atoms with E-state index in [4.69, 9.17) is 4.42 Å². The zero-order valence-electron chi connectivity index (χ0n) is 15.2. The summed E-state index contributed by atoms with van der Waals surface area (Å²) in [7, 11) is 1.66. The molecule has 1 amide bonds. The molecule has 0 aliphatic carbocycles. The van der Waals surface area contributed by atoms with Crippen LogP contribution in [0.15, 0.2) is 75.2 Å². The third-order valence-electron chi connectivity index (χ3n) is 4.14. The van der Waals surface area contributed by atoms with Crippen LogP contribution in [0.5, 0.6) is 0 Å². The Hall–Kier alpha value is -3.72. The molecule has 1 aromatic carbocycles. The van der Waals surface area contributed by atoms with Gasteiger partial charge in [0.2, 0.25) is 0 Å². The van der Waals surface area contributed by atoms with Crippen LogP contribution in [0.2, 0.25) is 0 Å². The Bertz CT molecular complexity index is 1140. The Balaban J connectivity index is 1.56. The second-order valence-electron chi connectivity index (χ2n) is 6.09. The molecule has 9 heteroatoms. The van der Waals surface area contributed by atoms with Crippen LogP contribution in [0.25, 0.3) is 17.4 Å². The molecule has 1 aliphatic rings. The first-order valence-corrected chi connectivity index (χ1v) is 9.34. The van der Waals surface area contributed by atoms with Gasteiger partial charge in [-0.05, 0) is 48.2 Å². The predicted octanol–water partition coefficient (Wildman–Crippen LogP) is 4.48. The van der Waals surface area contributed by atoms with Crippen molar-refractivity contribution in [1.82, 2.24) is 9.88 Å². The first-order chi connectivity index (χ1) is 14.0. The number of rotatable bonds is 4. The zero-order chi connectivity index (χ0) is 20.4. The average molecular weight is 406 g/mol. The van der Waals surface area contributed by atoms with Gasteiger partial charge in [-0.3, -0.25) is 24.8 Å². The van der Waals surface area contributed by atoms with Crippen LogP contribution in [0.4, 0.5) is 11.4 Å². The number of aromatic nitrogens is 1. The van der Waals surface area contributed by atoms with Gasteiger partial charge in [-0.1, -0.05) is 0 Å². The van der Waals surface area contributed by atoms with Crippen molar-refractivity contribution in [3.8, 4) is 11.3 Å². The average Bonchev–Trinajstić information content (AvgIpc) is 3.30. The smallest absolute Gasteiger partial charge is 0.269 e. The van der Waals surface area contributed by atoms with Gasteiger partial charge in [0.25, 0.3) is 11.6 Å². The first-order valence-electron chi connectivity index (χ1n) is 8.52.